The van der Waals surface area contributed by atoms with E-state index in [1.54, 1.807) is 55.6 Å². The average molecular weight is 503 g/mol. The molecule has 0 aromatic heterocycles. The van der Waals surface area contributed by atoms with E-state index in [0.29, 0.717) is 22.0 Å². The van der Waals surface area contributed by atoms with Crippen LogP contribution in [0.1, 0.15) is 21.2 Å². The summed E-state index contributed by atoms with van der Waals surface area (Å²) in [5, 5.41) is 5.89. The molecule has 0 radical (unpaired) electrons. The summed E-state index contributed by atoms with van der Waals surface area (Å²) in [7, 11) is 1.60. The molecule has 7 heteroatoms. The first-order valence-corrected chi connectivity index (χ1v) is 12.1. The van der Waals surface area contributed by atoms with Crippen molar-refractivity contribution in [3.8, 4) is 5.75 Å². The van der Waals surface area contributed by atoms with Gasteiger partial charge in [-0.05, 0) is 72.3 Å². The second kappa shape index (κ2) is 11.6. The highest BCUT2D eigenvalue weighted by Gasteiger charge is 2.22. The third kappa shape index (κ3) is 6.66. The summed E-state index contributed by atoms with van der Waals surface area (Å²) >= 11 is 7.42. The summed E-state index contributed by atoms with van der Waals surface area (Å²) in [6.07, 6.45) is 0. The molecule has 4 aromatic carbocycles. The number of hydrogen-bond donors (Lipinski definition) is 2. The predicted octanol–water partition coefficient (Wildman–Crippen LogP) is 7.07. The second-order valence-electron chi connectivity index (χ2n) is 7.62. The van der Waals surface area contributed by atoms with Crippen LogP contribution >= 0.6 is 23.4 Å². The van der Waals surface area contributed by atoms with Crippen LogP contribution in [0.5, 0.6) is 5.75 Å². The summed E-state index contributed by atoms with van der Waals surface area (Å²) in [6, 6.07) is 31.0. The number of benzene rings is 4. The number of rotatable bonds is 8. The number of ether oxygens (including phenoxy) is 1. The molecule has 1 unspecified atom stereocenters. The summed E-state index contributed by atoms with van der Waals surface area (Å²) in [6.45, 7) is 0. The van der Waals surface area contributed by atoms with Gasteiger partial charge < -0.3 is 15.4 Å². The lowest BCUT2D eigenvalue weighted by atomic mass is 10.1. The van der Waals surface area contributed by atoms with Crippen molar-refractivity contribution in [1.82, 2.24) is 0 Å². The van der Waals surface area contributed by atoms with Gasteiger partial charge in [0.2, 0.25) is 5.91 Å². The Kier molecular flexibility index (Phi) is 8.08. The fraction of sp³-hybridized carbons (Fsp3) is 0.0714. The Morgan fingerprint density at radius 2 is 1.46 bits per heavy atom. The predicted molar refractivity (Wildman–Crippen MR) is 143 cm³/mol. The minimum absolute atomic E-state index is 0.135. The Morgan fingerprint density at radius 3 is 2.11 bits per heavy atom. The number of hydrogen-bond acceptors (Lipinski definition) is 4. The average Bonchev–Trinajstić information content (AvgIpc) is 2.89. The van der Waals surface area contributed by atoms with Crippen molar-refractivity contribution in [3.63, 3.8) is 0 Å². The van der Waals surface area contributed by atoms with Crippen molar-refractivity contribution in [2.24, 2.45) is 0 Å². The second-order valence-corrected chi connectivity index (χ2v) is 9.23. The molecule has 35 heavy (non-hydrogen) atoms. The zero-order valence-electron chi connectivity index (χ0n) is 18.9. The largest absolute Gasteiger partial charge is 0.497 e. The smallest absolute Gasteiger partial charge is 0.255 e. The molecule has 2 amide bonds. The minimum Gasteiger partial charge on any atom is -0.497 e. The quantitative estimate of drug-likeness (QED) is 0.253. The molecule has 1 atom stereocenters. The van der Waals surface area contributed by atoms with Gasteiger partial charge in [-0.2, -0.15) is 0 Å². The number of anilines is 2. The lowest BCUT2D eigenvalue weighted by Crippen LogP contribution is -2.19. The van der Waals surface area contributed by atoms with Crippen LogP contribution in [0.4, 0.5) is 11.4 Å². The van der Waals surface area contributed by atoms with Crippen LogP contribution in [-0.2, 0) is 4.79 Å². The van der Waals surface area contributed by atoms with Gasteiger partial charge in [0.1, 0.15) is 11.0 Å². The molecule has 0 heterocycles. The van der Waals surface area contributed by atoms with Crippen LogP contribution in [0.2, 0.25) is 5.02 Å². The minimum atomic E-state index is -0.467. The molecule has 0 spiro atoms. The van der Waals surface area contributed by atoms with Gasteiger partial charge in [0, 0.05) is 26.9 Å². The number of carbonyl (C=O) groups is 2. The topological polar surface area (TPSA) is 67.4 Å². The van der Waals surface area contributed by atoms with Crippen molar-refractivity contribution in [3.05, 3.63) is 119 Å². The molecule has 0 bridgehead atoms. The standard InChI is InChI=1S/C28H23ClN2O3S/c1-34-24-14-10-22(11-15-24)31-28(33)26(19-6-3-2-4-7-19)35-25-16-12-23(13-17-25)30-27(32)20-8-5-9-21(29)18-20/h2-18,26H,1H3,(H,30,32)(H,31,33). The highest BCUT2D eigenvalue weighted by atomic mass is 35.5. The van der Waals surface area contributed by atoms with Crippen molar-refractivity contribution in [2.75, 3.05) is 17.7 Å². The van der Waals surface area contributed by atoms with Crippen molar-refractivity contribution < 1.29 is 14.3 Å². The molecular formula is C28H23ClN2O3S. The third-order valence-corrected chi connectivity index (χ3v) is 6.65. The molecule has 0 aliphatic carbocycles. The summed E-state index contributed by atoms with van der Waals surface area (Å²) in [5.41, 5.74) is 2.71. The van der Waals surface area contributed by atoms with Crippen LogP contribution in [0.15, 0.2) is 108 Å². The normalized spacial score (nSPS) is 11.4. The number of thioether (sulfide) groups is 1. The molecule has 0 saturated carbocycles. The molecule has 5 nitrogen and oxygen atoms in total. The summed E-state index contributed by atoms with van der Waals surface area (Å²) in [4.78, 5) is 26.6. The van der Waals surface area contributed by atoms with Crippen LogP contribution in [0.25, 0.3) is 0 Å². The van der Waals surface area contributed by atoms with Crippen LogP contribution in [-0.4, -0.2) is 18.9 Å². The lowest BCUT2D eigenvalue weighted by molar-refractivity contribution is -0.115. The van der Waals surface area contributed by atoms with E-state index in [4.69, 9.17) is 16.3 Å². The first-order valence-electron chi connectivity index (χ1n) is 10.9. The van der Waals surface area contributed by atoms with E-state index in [0.717, 1.165) is 16.2 Å². The number of halogens is 1. The number of methoxy groups -OCH3 is 1. The molecular weight excluding hydrogens is 480 g/mol. The van der Waals surface area contributed by atoms with Gasteiger partial charge in [-0.1, -0.05) is 48.0 Å². The fourth-order valence-corrected chi connectivity index (χ4v) is 4.58. The molecule has 4 aromatic rings. The maximum absolute atomic E-state index is 13.2. The Bertz CT molecular complexity index is 1300. The van der Waals surface area contributed by atoms with E-state index < -0.39 is 5.25 Å². The van der Waals surface area contributed by atoms with Crippen molar-refractivity contribution in [1.29, 1.82) is 0 Å². The first kappa shape index (κ1) is 24.4. The number of amides is 2. The zero-order valence-corrected chi connectivity index (χ0v) is 20.5. The highest BCUT2D eigenvalue weighted by Crippen LogP contribution is 2.37. The number of nitrogens with one attached hydrogen (secondary N) is 2. The van der Waals surface area contributed by atoms with Crippen molar-refractivity contribution in [2.45, 2.75) is 10.1 Å². The van der Waals surface area contributed by atoms with Crippen molar-refractivity contribution >= 4 is 46.6 Å². The van der Waals surface area contributed by atoms with Crippen LogP contribution in [0, 0.1) is 0 Å². The lowest BCUT2D eigenvalue weighted by Gasteiger charge is -2.17. The summed E-state index contributed by atoms with van der Waals surface area (Å²) in [5.74, 6) is 0.346. The molecule has 2 N–H and O–H groups in total. The Hall–Kier alpha value is -3.74. The molecule has 4 rings (SSSR count). The van der Waals surface area contributed by atoms with Gasteiger partial charge in [-0.15, -0.1) is 11.8 Å². The van der Waals surface area contributed by atoms with E-state index in [1.165, 1.54) is 11.8 Å². The van der Waals surface area contributed by atoms with E-state index in [9.17, 15) is 9.59 Å². The van der Waals surface area contributed by atoms with E-state index in [2.05, 4.69) is 10.6 Å². The van der Waals surface area contributed by atoms with E-state index >= 15 is 0 Å². The molecule has 176 valence electrons. The van der Waals surface area contributed by atoms with Gasteiger partial charge >= 0.3 is 0 Å². The Morgan fingerprint density at radius 1 is 0.800 bits per heavy atom. The summed E-state index contributed by atoms with van der Waals surface area (Å²) < 4.78 is 5.18. The van der Waals surface area contributed by atoms with Gasteiger partial charge in [-0.25, -0.2) is 0 Å². The van der Waals surface area contributed by atoms with Gasteiger partial charge in [0.25, 0.3) is 5.91 Å². The first-order chi connectivity index (χ1) is 17.0. The third-order valence-electron chi connectivity index (χ3n) is 5.15. The molecule has 0 aliphatic rings. The monoisotopic (exact) mass is 502 g/mol. The molecule has 0 fully saturated rings. The maximum Gasteiger partial charge on any atom is 0.255 e. The zero-order chi connectivity index (χ0) is 24.6. The Labute approximate surface area is 213 Å². The maximum atomic E-state index is 13.2. The van der Waals surface area contributed by atoms with E-state index in [-0.39, 0.29) is 11.8 Å². The van der Waals surface area contributed by atoms with Gasteiger partial charge in [-0.3, -0.25) is 9.59 Å². The highest BCUT2D eigenvalue weighted by molar-refractivity contribution is 8.00. The molecule has 0 saturated heterocycles. The van der Waals surface area contributed by atoms with E-state index in [1.807, 2.05) is 54.6 Å². The number of carbonyl (C=O) groups excluding carboxylic acids is 2. The fourth-order valence-electron chi connectivity index (χ4n) is 3.37. The molecule has 0 aliphatic heterocycles. The van der Waals surface area contributed by atoms with Crippen LogP contribution < -0.4 is 15.4 Å². The Balaban J connectivity index is 1.47. The van der Waals surface area contributed by atoms with Gasteiger partial charge in [0.15, 0.2) is 0 Å². The van der Waals surface area contributed by atoms with Gasteiger partial charge in [0.05, 0.1) is 7.11 Å². The SMILES string of the molecule is COc1ccc(NC(=O)C(Sc2ccc(NC(=O)c3cccc(Cl)c3)cc2)c2ccccc2)cc1. The van der Waals surface area contributed by atoms with Crippen LogP contribution in [0.3, 0.4) is 0 Å².